The van der Waals surface area contributed by atoms with E-state index in [4.69, 9.17) is 23.7 Å². The maximum Gasteiger partial charge on any atom is 0.328 e. The van der Waals surface area contributed by atoms with E-state index in [-0.39, 0.29) is 50.4 Å². The van der Waals surface area contributed by atoms with E-state index in [0.29, 0.717) is 25.3 Å². The Hall–Kier alpha value is -3.06. The molecule has 13 heteroatoms. The Morgan fingerprint density at radius 1 is 1.18 bits per heavy atom. The highest BCUT2D eigenvalue weighted by Gasteiger charge is 2.29. The van der Waals surface area contributed by atoms with Crippen LogP contribution in [0.5, 0.6) is 18.0 Å². The van der Waals surface area contributed by atoms with Crippen molar-refractivity contribution in [2.24, 2.45) is 0 Å². The van der Waals surface area contributed by atoms with Gasteiger partial charge in [-0.2, -0.15) is 11.8 Å². The van der Waals surface area contributed by atoms with Gasteiger partial charge >= 0.3 is 30.0 Å². The van der Waals surface area contributed by atoms with Crippen molar-refractivity contribution in [3.8, 4) is 18.0 Å². The zero-order chi connectivity index (χ0) is 24.8. The van der Waals surface area contributed by atoms with Crippen molar-refractivity contribution < 1.29 is 33.3 Å². The number of carbonyl (C=O) groups excluding carboxylic acids is 2. The number of rotatable bonds is 14. The number of urea groups is 1. The number of amides is 2. The lowest BCUT2D eigenvalue weighted by atomic mass is 10.2. The maximum absolute atomic E-state index is 12.7. The Kier molecular flexibility index (Phi) is 12.0. The number of methoxy groups -OCH3 is 1. The van der Waals surface area contributed by atoms with Gasteiger partial charge in [-0.3, -0.25) is 0 Å². The highest BCUT2D eigenvalue weighted by Crippen LogP contribution is 2.16. The van der Waals surface area contributed by atoms with Gasteiger partial charge < -0.3 is 33.9 Å². The summed E-state index contributed by atoms with van der Waals surface area (Å²) in [6.45, 7) is 8.58. The number of ether oxygens (including phenoxy) is 5. The molecule has 0 bridgehead atoms. The number of morpholine rings is 1. The number of carbonyl (C=O) groups is 2. The molecule has 2 rings (SSSR count). The minimum Gasteiger partial charge on any atom is -0.467 e. The molecule has 1 unspecified atom stereocenters. The number of hydrogen-bond donors (Lipinski definition) is 1. The molecule has 1 aromatic rings. The largest absolute Gasteiger partial charge is 0.467 e. The third-order valence-electron chi connectivity index (χ3n) is 4.45. The fraction of sp³-hybridized carbons (Fsp3) is 0.571. The Morgan fingerprint density at radius 2 is 1.79 bits per heavy atom. The molecule has 1 fully saturated rings. The van der Waals surface area contributed by atoms with Crippen molar-refractivity contribution in [3.05, 3.63) is 25.3 Å². The summed E-state index contributed by atoms with van der Waals surface area (Å²) < 4.78 is 26.9. The molecule has 1 aliphatic rings. The van der Waals surface area contributed by atoms with Crippen molar-refractivity contribution >= 4 is 23.8 Å². The van der Waals surface area contributed by atoms with Crippen LogP contribution in [0.15, 0.2) is 25.3 Å². The second-order valence-corrected chi connectivity index (χ2v) is 7.92. The van der Waals surface area contributed by atoms with Crippen molar-refractivity contribution in [1.82, 2.24) is 25.2 Å². The summed E-state index contributed by atoms with van der Waals surface area (Å²) in [5.74, 6) is 0.233. The Labute approximate surface area is 203 Å². The van der Waals surface area contributed by atoms with E-state index in [9.17, 15) is 9.59 Å². The number of thioether (sulfide) groups is 1. The highest BCUT2D eigenvalue weighted by molar-refractivity contribution is 7.98. The lowest BCUT2D eigenvalue weighted by Gasteiger charge is -2.33. The number of esters is 1. The van der Waals surface area contributed by atoms with Gasteiger partial charge in [-0.1, -0.05) is 25.3 Å². The first-order chi connectivity index (χ1) is 16.5. The molecule has 0 radical (unpaired) electrons. The summed E-state index contributed by atoms with van der Waals surface area (Å²) in [4.78, 5) is 38.5. The van der Waals surface area contributed by atoms with E-state index in [1.807, 2.05) is 6.26 Å². The van der Waals surface area contributed by atoms with Crippen molar-refractivity contribution in [2.75, 3.05) is 58.6 Å². The smallest absolute Gasteiger partial charge is 0.328 e. The molecule has 0 saturated carbocycles. The minimum absolute atomic E-state index is 0.0129. The van der Waals surface area contributed by atoms with Crippen molar-refractivity contribution in [3.63, 3.8) is 0 Å². The molecular formula is C21H31N5O7S. The van der Waals surface area contributed by atoms with Crippen LogP contribution in [0.1, 0.15) is 6.42 Å². The Morgan fingerprint density at radius 3 is 2.35 bits per heavy atom. The van der Waals surface area contributed by atoms with Gasteiger partial charge in [0.15, 0.2) is 0 Å². The lowest BCUT2D eigenvalue weighted by Crippen LogP contribution is -2.54. The van der Waals surface area contributed by atoms with Crippen LogP contribution in [0.3, 0.4) is 0 Å². The van der Waals surface area contributed by atoms with Gasteiger partial charge in [0.25, 0.3) is 0 Å². The molecule has 12 nitrogen and oxygen atoms in total. The van der Waals surface area contributed by atoms with Crippen LogP contribution in [-0.4, -0.2) is 103 Å². The summed E-state index contributed by atoms with van der Waals surface area (Å²) in [5, 5.41) is 2.74. The van der Waals surface area contributed by atoms with Gasteiger partial charge in [-0.15, -0.1) is 15.0 Å². The van der Waals surface area contributed by atoms with E-state index >= 15 is 0 Å². The molecule has 34 heavy (non-hydrogen) atoms. The van der Waals surface area contributed by atoms with Gasteiger partial charge in [0.05, 0.1) is 20.3 Å². The summed E-state index contributed by atoms with van der Waals surface area (Å²) >= 11 is 1.58. The monoisotopic (exact) mass is 497 g/mol. The second kappa shape index (κ2) is 15.0. The summed E-state index contributed by atoms with van der Waals surface area (Å²) in [6.07, 6.45) is 5.07. The maximum atomic E-state index is 12.7. The van der Waals surface area contributed by atoms with Crippen LogP contribution < -0.4 is 19.5 Å². The molecule has 1 saturated heterocycles. The number of nitrogens with zero attached hydrogens (tertiary/aromatic N) is 4. The number of hydrogen-bond acceptors (Lipinski definition) is 11. The average molecular weight is 498 g/mol. The Balaban J connectivity index is 1.96. The van der Waals surface area contributed by atoms with Crippen molar-refractivity contribution in [2.45, 2.75) is 18.6 Å². The van der Waals surface area contributed by atoms with E-state index < -0.39 is 18.1 Å². The zero-order valence-electron chi connectivity index (χ0n) is 19.4. The van der Waals surface area contributed by atoms with Gasteiger partial charge in [-0.25, -0.2) is 9.59 Å². The fourth-order valence-electron chi connectivity index (χ4n) is 2.82. The standard InChI is InChI=1S/C21H31N5O7S/c1-5-9-31-18-23-19(32-10-6-2)25-20(24-18)33-14-15-13-26(8-11-30-15)21(28)22-16(7-12-34-4)17(27)29-3/h5-6,15-16H,1-2,7-14H2,3-4H3,(H,22,28)/t15?,16-/m0/s1. The van der Waals surface area contributed by atoms with E-state index in [2.05, 4.69) is 33.4 Å². The molecular weight excluding hydrogens is 466 g/mol. The summed E-state index contributed by atoms with van der Waals surface area (Å²) in [7, 11) is 1.30. The third kappa shape index (κ3) is 9.06. The molecule has 0 spiro atoms. The van der Waals surface area contributed by atoms with Gasteiger partial charge in [0, 0.05) is 6.54 Å². The lowest BCUT2D eigenvalue weighted by molar-refractivity contribution is -0.143. The molecule has 2 atom stereocenters. The summed E-state index contributed by atoms with van der Waals surface area (Å²) in [6, 6.07) is -1.05. The first-order valence-corrected chi connectivity index (χ1v) is 12.0. The van der Waals surface area contributed by atoms with E-state index in [1.165, 1.54) is 7.11 Å². The zero-order valence-corrected chi connectivity index (χ0v) is 20.3. The second-order valence-electron chi connectivity index (χ2n) is 6.94. The molecule has 2 heterocycles. The average Bonchev–Trinajstić information content (AvgIpc) is 2.86. The quantitative estimate of drug-likeness (QED) is 0.292. The van der Waals surface area contributed by atoms with Crippen LogP contribution in [0, 0.1) is 0 Å². The summed E-state index contributed by atoms with van der Waals surface area (Å²) in [5.41, 5.74) is 0. The van der Waals surface area contributed by atoms with E-state index in [0.717, 1.165) is 0 Å². The molecule has 1 N–H and O–H groups in total. The fourth-order valence-corrected chi connectivity index (χ4v) is 3.29. The van der Waals surface area contributed by atoms with Crippen LogP contribution in [0.4, 0.5) is 4.79 Å². The topological polar surface area (TPSA) is 134 Å². The number of aromatic nitrogens is 3. The number of nitrogens with one attached hydrogen (secondary N) is 1. The van der Waals surface area contributed by atoms with E-state index in [1.54, 1.807) is 28.8 Å². The highest BCUT2D eigenvalue weighted by atomic mass is 32.2. The first-order valence-electron chi connectivity index (χ1n) is 10.6. The normalized spacial score (nSPS) is 16.2. The molecule has 188 valence electrons. The predicted molar refractivity (Wildman–Crippen MR) is 125 cm³/mol. The predicted octanol–water partition coefficient (Wildman–Crippen LogP) is 1.09. The van der Waals surface area contributed by atoms with Crippen LogP contribution in [0.2, 0.25) is 0 Å². The van der Waals surface area contributed by atoms with Gasteiger partial charge in [0.2, 0.25) is 0 Å². The third-order valence-corrected chi connectivity index (χ3v) is 5.10. The molecule has 0 aliphatic carbocycles. The van der Waals surface area contributed by atoms with Crippen LogP contribution in [-0.2, 0) is 14.3 Å². The molecule has 1 aliphatic heterocycles. The first kappa shape index (κ1) is 27.2. The molecule has 1 aromatic heterocycles. The minimum atomic E-state index is -0.712. The van der Waals surface area contributed by atoms with Crippen molar-refractivity contribution in [1.29, 1.82) is 0 Å². The molecule has 0 aromatic carbocycles. The Bertz CT molecular complexity index is 798. The molecule has 2 amide bonds. The van der Waals surface area contributed by atoms with Gasteiger partial charge in [-0.05, 0) is 18.4 Å². The van der Waals surface area contributed by atoms with Crippen LogP contribution >= 0.6 is 11.8 Å². The van der Waals surface area contributed by atoms with Gasteiger partial charge in [0.1, 0.15) is 32.0 Å². The SMILES string of the molecule is C=CCOc1nc(OCC=C)nc(OCC2CN(C(=O)N[C@@H](CCSC)C(=O)OC)CCO2)n1. The van der Waals surface area contributed by atoms with Crippen LogP contribution in [0.25, 0.3) is 0 Å².